The summed E-state index contributed by atoms with van der Waals surface area (Å²) in [4.78, 5) is 17.1. The fourth-order valence-corrected chi connectivity index (χ4v) is 3.02. The highest BCUT2D eigenvalue weighted by atomic mass is 16.5. The van der Waals surface area contributed by atoms with Crippen LogP contribution in [0.25, 0.3) is 0 Å². The molecule has 0 aliphatic carbocycles. The zero-order chi connectivity index (χ0) is 16.3. The smallest absolute Gasteiger partial charge is 0.327 e. The van der Waals surface area contributed by atoms with Gasteiger partial charge in [0.2, 0.25) is 0 Å². The Labute approximate surface area is 130 Å². The van der Waals surface area contributed by atoms with E-state index >= 15 is 0 Å². The van der Waals surface area contributed by atoms with Crippen molar-refractivity contribution in [1.82, 2.24) is 15.1 Å². The Hall–Kier alpha value is -0.650. The van der Waals surface area contributed by atoms with Crippen LogP contribution in [0.3, 0.4) is 0 Å². The van der Waals surface area contributed by atoms with E-state index in [2.05, 4.69) is 49.9 Å². The van der Waals surface area contributed by atoms with E-state index in [1.807, 2.05) is 13.8 Å². The first-order chi connectivity index (χ1) is 9.60. The van der Waals surface area contributed by atoms with Crippen LogP contribution in [0.15, 0.2) is 0 Å². The molecule has 0 aromatic heterocycles. The second-order valence-electron chi connectivity index (χ2n) is 7.30. The molecule has 0 saturated carbocycles. The molecule has 21 heavy (non-hydrogen) atoms. The van der Waals surface area contributed by atoms with E-state index in [0.29, 0.717) is 13.2 Å². The van der Waals surface area contributed by atoms with E-state index < -0.39 is 5.54 Å². The standard InChI is InChI=1S/C16H33N3O2/c1-8-21-14(20)16(6,17-13(2)3)12-19-10-9-18(7)15(4,5)11-19/h13,17H,8-12H2,1-7H3. The van der Waals surface area contributed by atoms with Gasteiger partial charge in [0.15, 0.2) is 0 Å². The molecule has 1 aliphatic rings. The van der Waals surface area contributed by atoms with Crippen molar-refractivity contribution in [3.63, 3.8) is 0 Å². The van der Waals surface area contributed by atoms with Crippen LogP contribution in [0.1, 0.15) is 41.5 Å². The summed E-state index contributed by atoms with van der Waals surface area (Å²) in [5.41, 5.74) is -0.526. The van der Waals surface area contributed by atoms with Gasteiger partial charge in [-0.15, -0.1) is 0 Å². The fourth-order valence-electron chi connectivity index (χ4n) is 3.02. The number of carbonyl (C=O) groups is 1. The molecule has 1 heterocycles. The van der Waals surface area contributed by atoms with E-state index in [1.165, 1.54) is 0 Å². The molecule has 1 fully saturated rings. The Morgan fingerprint density at radius 1 is 1.38 bits per heavy atom. The van der Waals surface area contributed by atoms with Crippen LogP contribution >= 0.6 is 0 Å². The first-order valence-electron chi connectivity index (χ1n) is 7.99. The lowest BCUT2D eigenvalue weighted by atomic mass is 9.95. The molecule has 124 valence electrons. The maximum atomic E-state index is 12.4. The number of nitrogens with one attached hydrogen (secondary N) is 1. The molecule has 0 bridgehead atoms. The summed E-state index contributed by atoms with van der Waals surface area (Å²) in [6.45, 7) is 16.5. The maximum Gasteiger partial charge on any atom is 0.327 e. The van der Waals surface area contributed by atoms with Crippen LogP contribution in [0.5, 0.6) is 0 Å². The van der Waals surface area contributed by atoms with Gasteiger partial charge in [-0.25, -0.2) is 0 Å². The zero-order valence-electron chi connectivity index (χ0n) is 14.8. The second kappa shape index (κ2) is 7.07. The van der Waals surface area contributed by atoms with Gasteiger partial charge in [-0.3, -0.25) is 19.9 Å². The molecular formula is C16H33N3O2. The van der Waals surface area contributed by atoms with Crippen molar-refractivity contribution in [1.29, 1.82) is 0 Å². The van der Waals surface area contributed by atoms with Crippen molar-refractivity contribution in [2.75, 3.05) is 39.8 Å². The van der Waals surface area contributed by atoms with Gasteiger partial charge in [-0.1, -0.05) is 0 Å². The Balaban J connectivity index is 2.79. The molecule has 0 amide bonds. The first-order valence-corrected chi connectivity index (χ1v) is 7.99. The average Bonchev–Trinajstić information content (AvgIpc) is 2.32. The molecular weight excluding hydrogens is 266 g/mol. The summed E-state index contributed by atoms with van der Waals surface area (Å²) >= 11 is 0. The quantitative estimate of drug-likeness (QED) is 0.750. The van der Waals surface area contributed by atoms with Crippen molar-refractivity contribution in [3.8, 4) is 0 Å². The van der Waals surface area contributed by atoms with E-state index in [0.717, 1.165) is 19.6 Å². The maximum absolute atomic E-state index is 12.4. The minimum absolute atomic E-state index is 0.131. The molecule has 1 aliphatic heterocycles. The zero-order valence-corrected chi connectivity index (χ0v) is 14.8. The fraction of sp³-hybridized carbons (Fsp3) is 0.938. The molecule has 1 atom stereocenters. The van der Waals surface area contributed by atoms with Crippen LogP contribution in [0.4, 0.5) is 0 Å². The summed E-state index contributed by atoms with van der Waals surface area (Å²) in [7, 11) is 2.16. The van der Waals surface area contributed by atoms with Crippen LogP contribution in [0.2, 0.25) is 0 Å². The molecule has 1 saturated heterocycles. The SMILES string of the molecule is CCOC(=O)C(C)(CN1CCN(C)C(C)(C)C1)NC(C)C. The first kappa shape index (κ1) is 18.4. The van der Waals surface area contributed by atoms with Gasteiger partial charge in [-0.05, 0) is 48.6 Å². The highest BCUT2D eigenvalue weighted by molar-refractivity contribution is 5.80. The predicted molar refractivity (Wildman–Crippen MR) is 86.5 cm³/mol. The third kappa shape index (κ3) is 4.94. The number of ether oxygens (including phenoxy) is 1. The largest absolute Gasteiger partial charge is 0.465 e. The third-order valence-electron chi connectivity index (χ3n) is 4.27. The van der Waals surface area contributed by atoms with Crippen LogP contribution in [-0.4, -0.2) is 72.7 Å². The predicted octanol–water partition coefficient (Wildman–Crippen LogP) is 1.33. The van der Waals surface area contributed by atoms with Gasteiger partial charge in [0.25, 0.3) is 0 Å². The van der Waals surface area contributed by atoms with Gasteiger partial charge in [0.05, 0.1) is 6.61 Å². The number of hydrogen-bond donors (Lipinski definition) is 1. The number of nitrogens with zero attached hydrogens (tertiary/aromatic N) is 2. The van der Waals surface area contributed by atoms with Gasteiger partial charge in [0.1, 0.15) is 5.54 Å². The lowest BCUT2D eigenvalue weighted by Gasteiger charge is -2.47. The second-order valence-corrected chi connectivity index (χ2v) is 7.30. The highest BCUT2D eigenvalue weighted by Gasteiger charge is 2.40. The summed E-state index contributed by atoms with van der Waals surface area (Å²) in [6, 6.07) is 0.236. The average molecular weight is 299 g/mol. The van der Waals surface area contributed by atoms with E-state index in [9.17, 15) is 4.79 Å². The molecule has 5 nitrogen and oxygen atoms in total. The summed E-state index contributed by atoms with van der Waals surface area (Å²) in [5.74, 6) is -0.157. The number of piperazine rings is 1. The van der Waals surface area contributed by atoms with Crippen molar-refractivity contribution in [2.24, 2.45) is 0 Å². The van der Waals surface area contributed by atoms with Gasteiger partial charge in [-0.2, -0.15) is 0 Å². The van der Waals surface area contributed by atoms with Gasteiger partial charge in [0, 0.05) is 37.8 Å². The molecule has 0 aromatic rings. The van der Waals surface area contributed by atoms with Crippen molar-refractivity contribution in [3.05, 3.63) is 0 Å². The lowest BCUT2D eigenvalue weighted by Crippen LogP contribution is -2.64. The van der Waals surface area contributed by atoms with Crippen molar-refractivity contribution in [2.45, 2.75) is 58.7 Å². The monoisotopic (exact) mass is 299 g/mol. The topological polar surface area (TPSA) is 44.8 Å². The number of likely N-dealkylation sites (N-methyl/N-ethyl adjacent to an activating group) is 1. The molecule has 1 unspecified atom stereocenters. The summed E-state index contributed by atoms with van der Waals surface area (Å²) in [5, 5.41) is 3.40. The minimum atomic E-state index is -0.657. The van der Waals surface area contributed by atoms with Crippen molar-refractivity contribution >= 4 is 5.97 Å². The number of hydrogen-bond acceptors (Lipinski definition) is 5. The molecule has 0 spiro atoms. The van der Waals surface area contributed by atoms with Crippen LogP contribution < -0.4 is 5.32 Å². The Bertz CT molecular complexity index is 357. The Kier molecular flexibility index (Phi) is 6.20. The van der Waals surface area contributed by atoms with E-state index in [1.54, 1.807) is 0 Å². The molecule has 0 radical (unpaired) electrons. The molecule has 5 heteroatoms. The van der Waals surface area contributed by atoms with Crippen molar-refractivity contribution < 1.29 is 9.53 Å². The molecule has 0 aromatic carbocycles. The third-order valence-corrected chi connectivity index (χ3v) is 4.27. The number of carbonyl (C=O) groups excluding carboxylic acids is 1. The van der Waals surface area contributed by atoms with E-state index in [4.69, 9.17) is 4.74 Å². The Morgan fingerprint density at radius 2 is 2.00 bits per heavy atom. The summed E-state index contributed by atoms with van der Waals surface area (Å²) in [6.07, 6.45) is 0. The summed E-state index contributed by atoms with van der Waals surface area (Å²) < 4.78 is 5.28. The van der Waals surface area contributed by atoms with Crippen LogP contribution in [0, 0.1) is 0 Å². The molecule has 1 rings (SSSR count). The van der Waals surface area contributed by atoms with Gasteiger partial charge >= 0.3 is 5.97 Å². The van der Waals surface area contributed by atoms with Gasteiger partial charge < -0.3 is 4.74 Å². The molecule has 1 N–H and O–H groups in total. The number of esters is 1. The normalized spacial score (nSPS) is 23.0. The van der Waals surface area contributed by atoms with Crippen LogP contribution in [-0.2, 0) is 9.53 Å². The Morgan fingerprint density at radius 3 is 2.48 bits per heavy atom. The minimum Gasteiger partial charge on any atom is -0.465 e. The van der Waals surface area contributed by atoms with E-state index in [-0.39, 0.29) is 17.6 Å². The lowest BCUT2D eigenvalue weighted by molar-refractivity contribution is -0.152. The number of rotatable bonds is 6. The highest BCUT2D eigenvalue weighted by Crippen LogP contribution is 2.21.